The number of sulfonamides is 1. The number of fused-ring (bicyclic) bond motifs is 1. The third-order valence-electron chi connectivity index (χ3n) is 7.40. The zero-order valence-corrected chi connectivity index (χ0v) is 27.4. The molecule has 0 spiro atoms. The summed E-state index contributed by atoms with van der Waals surface area (Å²) in [5.74, 6) is -1.90. The molecule has 1 aliphatic heterocycles. The average molecular weight is 647 g/mol. The van der Waals surface area contributed by atoms with Gasteiger partial charge < -0.3 is 25.0 Å². The fourth-order valence-electron chi connectivity index (χ4n) is 4.93. The summed E-state index contributed by atoms with van der Waals surface area (Å²) in [7, 11) is -3.82. The number of carbonyl (C=O) groups is 4. The molecule has 4 amide bonds. The Labute approximate surface area is 263 Å². The molecule has 0 radical (unpaired) electrons. The highest BCUT2D eigenvalue weighted by atomic mass is 32.2. The summed E-state index contributed by atoms with van der Waals surface area (Å²) in [4.78, 5) is 54.5. The molecule has 4 atom stereocenters. The first kappa shape index (κ1) is 33.9. The predicted octanol–water partition coefficient (Wildman–Crippen LogP) is 2.03. The number of hydrogen-bond acceptors (Lipinski definition) is 10. The van der Waals surface area contributed by atoms with Crippen LogP contribution in [0, 0.1) is 5.41 Å². The maximum absolute atomic E-state index is 14.1. The highest BCUT2D eigenvalue weighted by molar-refractivity contribution is 7.90. The van der Waals surface area contributed by atoms with Crippen LogP contribution in [0.3, 0.4) is 0 Å². The lowest BCUT2D eigenvalue weighted by Gasteiger charge is -2.35. The Morgan fingerprint density at radius 2 is 1.69 bits per heavy atom. The van der Waals surface area contributed by atoms with Crippen molar-refractivity contribution in [2.24, 2.45) is 5.41 Å². The maximum Gasteiger partial charge on any atom is 0.408 e. The summed E-state index contributed by atoms with van der Waals surface area (Å²) in [6.45, 7) is 11.7. The van der Waals surface area contributed by atoms with Crippen LogP contribution in [-0.2, 0) is 29.1 Å². The molecule has 2 aromatic rings. The summed E-state index contributed by atoms with van der Waals surface area (Å²) in [6, 6.07) is 3.91. The van der Waals surface area contributed by atoms with Crippen LogP contribution in [0.1, 0.15) is 67.7 Å². The van der Waals surface area contributed by atoms with E-state index in [1.165, 1.54) is 11.8 Å². The van der Waals surface area contributed by atoms with Crippen molar-refractivity contribution in [1.29, 1.82) is 0 Å². The number of rotatable bonds is 9. The number of ether oxygens (including phenoxy) is 2. The van der Waals surface area contributed by atoms with Crippen molar-refractivity contribution in [1.82, 2.24) is 30.5 Å². The monoisotopic (exact) mass is 646 g/mol. The fraction of sp³-hybridized carbons (Fsp3) is 0.600. The zero-order valence-electron chi connectivity index (χ0n) is 26.6. The minimum Gasteiger partial charge on any atom is -0.471 e. The molecule has 1 aromatic carbocycles. The number of amides is 4. The van der Waals surface area contributed by atoms with Crippen LogP contribution in [0.25, 0.3) is 10.8 Å². The summed E-state index contributed by atoms with van der Waals surface area (Å²) in [5, 5.41) is 14.2. The fourth-order valence-corrected chi connectivity index (χ4v) is 6.31. The van der Waals surface area contributed by atoms with E-state index in [9.17, 15) is 27.6 Å². The molecule has 246 valence electrons. The third-order valence-corrected chi connectivity index (χ3v) is 9.23. The van der Waals surface area contributed by atoms with Crippen LogP contribution in [0.4, 0.5) is 4.79 Å². The van der Waals surface area contributed by atoms with Crippen LogP contribution in [0.15, 0.2) is 30.5 Å². The minimum atomic E-state index is -3.82. The van der Waals surface area contributed by atoms with Crippen molar-refractivity contribution in [2.75, 3.05) is 6.54 Å². The van der Waals surface area contributed by atoms with E-state index in [1.807, 2.05) is 29.0 Å². The Morgan fingerprint density at radius 3 is 2.31 bits per heavy atom. The third kappa shape index (κ3) is 8.59. The van der Waals surface area contributed by atoms with Gasteiger partial charge in [-0.15, -0.1) is 5.10 Å². The minimum absolute atomic E-state index is 0.0283. The van der Waals surface area contributed by atoms with E-state index in [4.69, 9.17) is 9.47 Å². The molecule has 3 N–H and O–H groups in total. The normalized spacial score (nSPS) is 20.2. The van der Waals surface area contributed by atoms with Crippen molar-refractivity contribution in [3.63, 3.8) is 0 Å². The number of alkyl carbamates (subject to hydrolysis) is 1. The van der Waals surface area contributed by atoms with Gasteiger partial charge >= 0.3 is 6.09 Å². The molecule has 15 heteroatoms. The molecule has 2 heterocycles. The molecule has 45 heavy (non-hydrogen) atoms. The predicted molar refractivity (Wildman–Crippen MR) is 164 cm³/mol. The van der Waals surface area contributed by atoms with Gasteiger partial charge in [-0.25, -0.2) is 13.2 Å². The van der Waals surface area contributed by atoms with Crippen LogP contribution in [-0.4, -0.2) is 89.0 Å². The second kappa shape index (κ2) is 12.8. The Bertz CT molecular complexity index is 1560. The summed E-state index contributed by atoms with van der Waals surface area (Å²) in [6.07, 6.45) is 1.06. The van der Waals surface area contributed by atoms with Crippen LogP contribution in [0.5, 0.6) is 5.88 Å². The summed E-state index contributed by atoms with van der Waals surface area (Å²) >= 11 is 0. The van der Waals surface area contributed by atoms with Gasteiger partial charge in [0.2, 0.25) is 27.7 Å². The van der Waals surface area contributed by atoms with Crippen LogP contribution < -0.4 is 20.1 Å². The molecule has 1 saturated carbocycles. The smallest absolute Gasteiger partial charge is 0.408 e. The van der Waals surface area contributed by atoms with Gasteiger partial charge in [-0.1, -0.05) is 39.0 Å². The average Bonchev–Trinajstić information content (AvgIpc) is 3.71. The highest BCUT2D eigenvalue weighted by Gasteiger charge is 2.47. The second-order valence-corrected chi connectivity index (χ2v) is 15.6. The lowest BCUT2D eigenvalue weighted by molar-refractivity contribution is -0.142. The number of nitrogens with zero attached hydrogens (tertiary/aromatic N) is 3. The van der Waals surface area contributed by atoms with Gasteiger partial charge in [0.25, 0.3) is 5.91 Å². The van der Waals surface area contributed by atoms with Crippen molar-refractivity contribution in [2.45, 2.75) is 103 Å². The maximum atomic E-state index is 14.1. The Balaban J connectivity index is 1.58. The first-order valence-electron chi connectivity index (χ1n) is 14.9. The van der Waals surface area contributed by atoms with Gasteiger partial charge in [0.1, 0.15) is 29.8 Å². The molecule has 4 rings (SSSR count). The SMILES string of the molecule is C[C@@H](NC(=O)[C@@H]1C[C@@H](Oc2nncc3ccccc23)CN1C(=O)[C@@H](NC(=O)OC(C)(C)C)C(C)(C)C)C(=O)NS(=O)(=O)C1CC1. The molecular weight excluding hydrogens is 604 g/mol. The molecule has 1 aromatic heterocycles. The second-order valence-electron chi connectivity index (χ2n) is 13.6. The number of aromatic nitrogens is 2. The van der Waals surface area contributed by atoms with Gasteiger partial charge in [0.15, 0.2) is 0 Å². The topological polar surface area (TPSA) is 186 Å². The van der Waals surface area contributed by atoms with Crippen LogP contribution >= 0.6 is 0 Å². The first-order valence-corrected chi connectivity index (χ1v) is 16.4. The van der Waals surface area contributed by atoms with E-state index in [-0.39, 0.29) is 18.8 Å². The molecule has 0 bridgehead atoms. The Kier molecular flexibility index (Phi) is 9.61. The van der Waals surface area contributed by atoms with Gasteiger partial charge in [-0.2, -0.15) is 5.10 Å². The first-order chi connectivity index (χ1) is 20.9. The van der Waals surface area contributed by atoms with Crippen molar-refractivity contribution in [3.8, 4) is 5.88 Å². The van der Waals surface area contributed by atoms with E-state index >= 15 is 0 Å². The summed E-state index contributed by atoms with van der Waals surface area (Å²) < 4.78 is 38.2. The number of carbonyl (C=O) groups excluding carboxylic acids is 4. The lowest BCUT2D eigenvalue weighted by atomic mass is 9.85. The zero-order chi connectivity index (χ0) is 33.3. The van der Waals surface area contributed by atoms with Gasteiger partial charge in [-0.05, 0) is 52.0 Å². The van der Waals surface area contributed by atoms with Gasteiger partial charge in [0, 0.05) is 17.2 Å². The number of likely N-dealkylation sites (tertiary alicyclic amines) is 1. The van der Waals surface area contributed by atoms with E-state index in [0.717, 1.165) is 5.39 Å². The van der Waals surface area contributed by atoms with Crippen molar-refractivity contribution in [3.05, 3.63) is 30.5 Å². The van der Waals surface area contributed by atoms with Crippen LogP contribution in [0.2, 0.25) is 0 Å². The van der Waals surface area contributed by atoms with Gasteiger partial charge in [0.05, 0.1) is 18.0 Å². The van der Waals surface area contributed by atoms with Crippen molar-refractivity contribution >= 4 is 44.6 Å². The van der Waals surface area contributed by atoms with E-state index in [2.05, 4.69) is 20.8 Å². The van der Waals surface area contributed by atoms with Crippen molar-refractivity contribution < 1.29 is 37.1 Å². The van der Waals surface area contributed by atoms with E-state index < -0.39 is 74.3 Å². The standard InChI is InChI=1S/C30H42N6O8S/c1-17(24(37)35-45(41,42)20-12-13-20)32-25(38)22-14-19(43-26-21-11-9-8-10-18(21)15-31-34-26)16-36(22)27(39)23(29(2,3)4)33-28(40)44-30(5,6)7/h8-11,15,17,19-20,22-23H,12-14,16H2,1-7H3,(H,32,38)(H,33,40)(H,35,37)/t17-,19-,22+,23-/m1/s1. The Hall–Kier alpha value is -4.01. The molecule has 14 nitrogen and oxygen atoms in total. The highest BCUT2D eigenvalue weighted by Crippen LogP contribution is 2.30. The quantitative estimate of drug-likeness (QED) is 0.364. The Morgan fingerprint density at radius 1 is 1.02 bits per heavy atom. The van der Waals surface area contributed by atoms with E-state index in [1.54, 1.807) is 47.7 Å². The molecule has 2 fully saturated rings. The molecule has 2 aliphatic rings. The molecular formula is C30H42N6O8S. The number of hydrogen-bond donors (Lipinski definition) is 3. The number of benzene rings is 1. The largest absolute Gasteiger partial charge is 0.471 e. The van der Waals surface area contributed by atoms with E-state index in [0.29, 0.717) is 18.2 Å². The molecule has 1 aliphatic carbocycles. The lowest BCUT2D eigenvalue weighted by Crippen LogP contribution is -2.59. The summed E-state index contributed by atoms with van der Waals surface area (Å²) in [5.41, 5.74) is -1.60. The van der Waals surface area contributed by atoms with Gasteiger partial charge in [-0.3, -0.25) is 19.1 Å². The molecule has 1 saturated heterocycles. The molecule has 0 unspecified atom stereocenters. The number of nitrogens with one attached hydrogen (secondary N) is 3.